The van der Waals surface area contributed by atoms with E-state index in [9.17, 15) is 0 Å². The monoisotopic (exact) mass is 332 g/mol. The van der Waals surface area contributed by atoms with Crippen molar-refractivity contribution < 1.29 is 4.74 Å². The minimum atomic E-state index is 0.0953. The number of benzene rings is 2. The van der Waals surface area contributed by atoms with Crippen LogP contribution >= 0.6 is 0 Å². The summed E-state index contributed by atoms with van der Waals surface area (Å²) in [5.74, 6) is 0.834. The van der Waals surface area contributed by atoms with Crippen molar-refractivity contribution in [1.82, 2.24) is 19.6 Å². The molecule has 126 valence electrons. The van der Waals surface area contributed by atoms with Gasteiger partial charge < -0.3 is 9.30 Å². The van der Waals surface area contributed by atoms with Crippen molar-refractivity contribution in [2.45, 2.75) is 26.1 Å². The number of para-hydroxylation sites is 2. The van der Waals surface area contributed by atoms with Gasteiger partial charge in [-0.25, -0.2) is 4.68 Å². The molecule has 2 aromatic heterocycles. The number of nitrogens with zero attached hydrogens (tertiary/aromatic N) is 4. The number of hydrogen-bond acceptors (Lipinski definition) is 3. The second-order valence-electron chi connectivity index (χ2n) is 5.96. The highest BCUT2D eigenvalue weighted by Crippen LogP contribution is 2.23. The van der Waals surface area contributed by atoms with Gasteiger partial charge in [0.1, 0.15) is 24.2 Å². The van der Waals surface area contributed by atoms with Crippen LogP contribution in [0.5, 0.6) is 5.75 Å². The molecule has 0 bridgehead atoms. The summed E-state index contributed by atoms with van der Waals surface area (Å²) in [5.41, 5.74) is 2.02. The molecule has 2 aromatic carbocycles. The van der Waals surface area contributed by atoms with Gasteiger partial charge >= 0.3 is 0 Å². The number of aromatic nitrogens is 4. The lowest BCUT2D eigenvalue weighted by atomic mass is 10.2. The van der Waals surface area contributed by atoms with E-state index in [0.29, 0.717) is 6.61 Å². The molecule has 4 rings (SSSR count). The van der Waals surface area contributed by atoms with E-state index in [1.54, 1.807) is 0 Å². The first-order valence-electron chi connectivity index (χ1n) is 8.49. The van der Waals surface area contributed by atoms with Crippen LogP contribution in [-0.4, -0.2) is 19.6 Å². The van der Waals surface area contributed by atoms with E-state index in [0.717, 1.165) is 17.9 Å². The summed E-state index contributed by atoms with van der Waals surface area (Å²) in [6, 6.07) is 20.3. The van der Waals surface area contributed by atoms with Gasteiger partial charge in [-0.05, 0) is 36.1 Å². The summed E-state index contributed by atoms with van der Waals surface area (Å²) in [7, 11) is 0. The second-order valence-corrected chi connectivity index (χ2v) is 5.96. The zero-order valence-electron chi connectivity index (χ0n) is 14.1. The number of ether oxygens (including phenoxy) is 1. The summed E-state index contributed by atoms with van der Waals surface area (Å²) >= 11 is 0. The highest BCUT2D eigenvalue weighted by Gasteiger charge is 2.15. The van der Waals surface area contributed by atoms with Crippen LogP contribution in [0.25, 0.3) is 10.9 Å². The van der Waals surface area contributed by atoms with E-state index in [1.165, 1.54) is 10.9 Å². The zero-order chi connectivity index (χ0) is 17.1. The second kappa shape index (κ2) is 6.81. The molecule has 0 saturated carbocycles. The maximum atomic E-state index is 5.76. The summed E-state index contributed by atoms with van der Waals surface area (Å²) < 4.78 is 9.91. The molecular weight excluding hydrogens is 312 g/mol. The van der Waals surface area contributed by atoms with E-state index >= 15 is 0 Å². The van der Waals surface area contributed by atoms with Crippen molar-refractivity contribution in [3.8, 4) is 5.75 Å². The van der Waals surface area contributed by atoms with Gasteiger partial charge in [0.2, 0.25) is 0 Å². The highest BCUT2D eigenvalue weighted by molar-refractivity contribution is 5.80. The first-order valence-corrected chi connectivity index (χ1v) is 8.49. The SMILES string of the molecule is CCC(n1cc(COc2ccccc2)nn1)n1ccc2ccccc21. The molecule has 0 spiro atoms. The maximum Gasteiger partial charge on any atom is 0.134 e. The molecule has 1 unspecified atom stereocenters. The molecule has 0 aliphatic rings. The van der Waals surface area contributed by atoms with Crippen molar-refractivity contribution in [2.75, 3.05) is 0 Å². The van der Waals surface area contributed by atoms with Crippen molar-refractivity contribution in [3.63, 3.8) is 0 Å². The lowest BCUT2D eigenvalue weighted by Gasteiger charge is -2.18. The minimum Gasteiger partial charge on any atom is -0.487 e. The largest absolute Gasteiger partial charge is 0.487 e. The van der Waals surface area contributed by atoms with E-state index in [1.807, 2.05) is 41.2 Å². The molecule has 0 aliphatic heterocycles. The van der Waals surface area contributed by atoms with Gasteiger partial charge in [-0.15, -0.1) is 5.10 Å². The third-order valence-corrected chi connectivity index (χ3v) is 4.31. The fraction of sp³-hybridized carbons (Fsp3) is 0.200. The summed E-state index contributed by atoms with van der Waals surface area (Å²) in [4.78, 5) is 0. The maximum absolute atomic E-state index is 5.76. The summed E-state index contributed by atoms with van der Waals surface area (Å²) in [5, 5.41) is 9.82. The predicted octanol–water partition coefficient (Wildman–Crippen LogP) is 4.27. The normalized spacial score (nSPS) is 12.4. The van der Waals surface area contributed by atoms with E-state index in [-0.39, 0.29) is 6.17 Å². The Bertz CT molecular complexity index is 958. The van der Waals surface area contributed by atoms with Gasteiger partial charge in [0.05, 0.1) is 6.20 Å². The Morgan fingerprint density at radius 3 is 2.64 bits per heavy atom. The standard InChI is InChI=1S/C20H20N4O/c1-2-20(23-13-12-16-8-6-7-11-19(16)23)24-14-17(21-22-24)15-25-18-9-4-3-5-10-18/h3-14,20H,2,15H2,1H3. The predicted molar refractivity (Wildman–Crippen MR) is 97.5 cm³/mol. The van der Waals surface area contributed by atoms with Crippen molar-refractivity contribution in [3.05, 3.63) is 78.8 Å². The molecule has 0 N–H and O–H groups in total. The fourth-order valence-corrected chi connectivity index (χ4v) is 3.07. The number of rotatable bonds is 6. The Labute approximate surface area is 146 Å². The molecule has 0 saturated heterocycles. The quantitative estimate of drug-likeness (QED) is 0.530. The molecule has 0 amide bonds. The Hall–Kier alpha value is -3.08. The van der Waals surface area contributed by atoms with Gasteiger partial charge in [-0.2, -0.15) is 0 Å². The Balaban J connectivity index is 1.55. The minimum absolute atomic E-state index is 0.0953. The van der Waals surface area contributed by atoms with Crippen molar-refractivity contribution >= 4 is 10.9 Å². The number of hydrogen-bond donors (Lipinski definition) is 0. The molecule has 0 aliphatic carbocycles. The smallest absolute Gasteiger partial charge is 0.134 e. The Kier molecular flexibility index (Phi) is 4.21. The molecular formula is C20H20N4O. The van der Waals surface area contributed by atoms with Crippen molar-refractivity contribution in [2.24, 2.45) is 0 Å². The molecule has 25 heavy (non-hydrogen) atoms. The van der Waals surface area contributed by atoms with Gasteiger partial charge in [0, 0.05) is 11.7 Å². The lowest BCUT2D eigenvalue weighted by Crippen LogP contribution is -2.17. The van der Waals surface area contributed by atoms with Crippen LogP contribution in [0.3, 0.4) is 0 Å². The third-order valence-electron chi connectivity index (χ3n) is 4.31. The average Bonchev–Trinajstić information content (AvgIpc) is 3.30. The topological polar surface area (TPSA) is 44.9 Å². The van der Waals surface area contributed by atoms with Gasteiger partial charge in [-0.1, -0.05) is 48.5 Å². The molecule has 4 aromatic rings. The van der Waals surface area contributed by atoms with Crippen LogP contribution in [0, 0.1) is 0 Å². The van der Waals surface area contributed by atoms with Crippen molar-refractivity contribution in [1.29, 1.82) is 0 Å². The first kappa shape index (κ1) is 15.4. The Morgan fingerprint density at radius 2 is 1.80 bits per heavy atom. The Morgan fingerprint density at radius 1 is 1.00 bits per heavy atom. The molecule has 2 heterocycles. The summed E-state index contributed by atoms with van der Waals surface area (Å²) in [6.07, 6.45) is 5.09. The van der Waals surface area contributed by atoms with Gasteiger partial charge in [0.25, 0.3) is 0 Å². The van der Waals surface area contributed by atoms with Gasteiger partial charge in [-0.3, -0.25) is 0 Å². The van der Waals surface area contributed by atoms with Crippen LogP contribution in [0.15, 0.2) is 73.1 Å². The first-order chi connectivity index (χ1) is 12.3. The third kappa shape index (κ3) is 3.13. The van der Waals surface area contributed by atoms with Crippen LogP contribution in [-0.2, 0) is 6.61 Å². The lowest BCUT2D eigenvalue weighted by molar-refractivity contribution is 0.301. The van der Waals surface area contributed by atoms with Crippen LogP contribution in [0.1, 0.15) is 25.2 Å². The molecule has 1 atom stereocenters. The number of fused-ring (bicyclic) bond motifs is 1. The van der Waals surface area contributed by atoms with Crippen LogP contribution in [0.2, 0.25) is 0 Å². The summed E-state index contributed by atoms with van der Waals surface area (Å²) in [6.45, 7) is 2.56. The van der Waals surface area contributed by atoms with Gasteiger partial charge in [0.15, 0.2) is 0 Å². The average molecular weight is 332 g/mol. The van der Waals surface area contributed by atoms with E-state index < -0.39 is 0 Å². The van der Waals surface area contributed by atoms with Crippen LogP contribution in [0.4, 0.5) is 0 Å². The zero-order valence-corrected chi connectivity index (χ0v) is 14.1. The van der Waals surface area contributed by atoms with Crippen LogP contribution < -0.4 is 4.74 Å². The van der Waals surface area contributed by atoms with E-state index in [4.69, 9.17) is 4.74 Å². The van der Waals surface area contributed by atoms with E-state index in [2.05, 4.69) is 58.3 Å². The molecule has 0 radical (unpaired) electrons. The molecule has 0 fully saturated rings. The highest BCUT2D eigenvalue weighted by atomic mass is 16.5. The fourth-order valence-electron chi connectivity index (χ4n) is 3.07. The molecule has 5 heteroatoms. The molecule has 5 nitrogen and oxygen atoms in total.